The average Bonchev–Trinajstić information content (AvgIpc) is 3.06. The molecule has 4 heteroatoms. The minimum atomic E-state index is 0.346. The standard InChI is InChI=1S/C16H22N4/c1-20-9-8-18-16(20)7-6-15(19-17)14-10-12-4-2-3-5-13(12)11-14/h2-5,8-9,14-15,19H,6-7,10-11,17H2,1H3. The van der Waals surface area contributed by atoms with Crippen LogP contribution in [0, 0.1) is 5.92 Å². The van der Waals surface area contributed by atoms with Gasteiger partial charge in [0.2, 0.25) is 0 Å². The van der Waals surface area contributed by atoms with E-state index in [4.69, 9.17) is 5.84 Å². The largest absolute Gasteiger partial charge is 0.338 e. The van der Waals surface area contributed by atoms with Gasteiger partial charge in [-0.1, -0.05) is 24.3 Å². The van der Waals surface area contributed by atoms with Crippen molar-refractivity contribution >= 4 is 0 Å². The molecule has 4 nitrogen and oxygen atoms in total. The Hall–Kier alpha value is -1.65. The lowest BCUT2D eigenvalue weighted by atomic mass is 9.93. The van der Waals surface area contributed by atoms with Gasteiger partial charge >= 0.3 is 0 Å². The van der Waals surface area contributed by atoms with Crippen molar-refractivity contribution in [2.24, 2.45) is 18.8 Å². The van der Waals surface area contributed by atoms with Gasteiger partial charge in [0.25, 0.3) is 0 Å². The topological polar surface area (TPSA) is 55.9 Å². The Bertz CT molecular complexity index is 550. The molecule has 2 aromatic rings. The number of benzene rings is 1. The molecule has 3 rings (SSSR count). The molecule has 1 atom stereocenters. The Balaban J connectivity index is 1.62. The molecule has 0 bridgehead atoms. The van der Waals surface area contributed by atoms with Crippen LogP contribution in [0.3, 0.4) is 0 Å². The monoisotopic (exact) mass is 270 g/mol. The summed E-state index contributed by atoms with van der Waals surface area (Å²) in [6.45, 7) is 0. The second kappa shape index (κ2) is 5.77. The highest BCUT2D eigenvalue weighted by molar-refractivity contribution is 5.32. The van der Waals surface area contributed by atoms with E-state index in [0.717, 1.165) is 31.5 Å². The van der Waals surface area contributed by atoms with E-state index in [1.807, 2.05) is 19.4 Å². The van der Waals surface area contributed by atoms with Gasteiger partial charge in [-0.15, -0.1) is 0 Å². The zero-order valence-electron chi connectivity index (χ0n) is 11.9. The van der Waals surface area contributed by atoms with Gasteiger partial charge in [0.1, 0.15) is 5.82 Å². The number of fused-ring (bicyclic) bond motifs is 1. The number of aryl methyl sites for hydroxylation is 2. The minimum Gasteiger partial charge on any atom is -0.338 e. The fourth-order valence-electron chi connectivity index (χ4n) is 3.25. The highest BCUT2D eigenvalue weighted by Gasteiger charge is 2.27. The predicted molar refractivity (Wildman–Crippen MR) is 80.0 cm³/mol. The maximum absolute atomic E-state index is 5.79. The first-order valence-electron chi connectivity index (χ1n) is 7.27. The van der Waals surface area contributed by atoms with Crippen molar-refractivity contribution in [1.29, 1.82) is 0 Å². The normalized spacial score (nSPS) is 16.3. The van der Waals surface area contributed by atoms with Gasteiger partial charge in [0, 0.05) is 31.9 Å². The second-order valence-electron chi connectivity index (χ2n) is 5.70. The fraction of sp³-hybridized carbons (Fsp3) is 0.438. The molecule has 3 N–H and O–H groups in total. The molecule has 0 amide bonds. The lowest BCUT2D eigenvalue weighted by Crippen LogP contribution is -2.41. The third-order valence-corrected chi connectivity index (χ3v) is 4.47. The van der Waals surface area contributed by atoms with E-state index in [9.17, 15) is 0 Å². The van der Waals surface area contributed by atoms with E-state index in [0.29, 0.717) is 12.0 Å². The van der Waals surface area contributed by atoms with Crippen molar-refractivity contribution in [1.82, 2.24) is 15.0 Å². The third-order valence-electron chi connectivity index (χ3n) is 4.47. The van der Waals surface area contributed by atoms with E-state index in [2.05, 4.69) is 39.2 Å². The summed E-state index contributed by atoms with van der Waals surface area (Å²) in [4.78, 5) is 4.38. The zero-order chi connectivity index (χ0) is 13.9. The number of nitrogens with two attached hydrogens (primary N) is 1. The van der Waals surface area contributed by atoms with Crippen molar-refractivity contribution in [2.75, 3.05) is 0 Å². The Morgan fingerprint density at radius 1 is 1.35 bits per heavy atom. The van der Waals surface area contributed by atoms with Crippen molar-refractivity contribution < 1.29 is 0 Å². The molecule has 1 unspecified atom stereocenters. The van der Waals surface area contributed by atoms with Crippen LogP contribution in [0.2, 0.25) is 0 Å². The molecule has 1 aromatic carbocycles. The number of aromatic nitrogens is 2. The fourth-order valence-corrected chi connectivity index (χ4v) is 3.25. The summed E-state index contributed by atoms with van der Waals surface area (Å²) in [5.41, 5.74) is 5.99. The van der Waals surface area contributed by atoms with E-state index in [-0.39, 0.29) is 0 Å². The molecule has 20 heavy (non-hydrogen) atoms. The van der Waals surface area contributed by atoms with Crippen LogP contribution in [0.4, 0.5) is 0 Å². The van der Waals surface area contributed by atoms with Crippen molar-refractivity contribution in [3.8, 4) is 0 Å². The first-order valence-corrected chi connectivity index (χ1v) is 7.27. The first kappa shape index (κ1) is 13.3. The van der Waals surface area contributed by atoms with E-state index in [1.54, 1.807) is 0 Å². The van der Waals surface area contributed by atoms with Gasteiger partial charge < -0.3 is 4.57 Å². The van der Waals surface area contributed by atoms with Crippen molar-refractivity contribution in [2.45, 2.75) is 31.7 Å². The van der Waals surface area contributed by atoms with Gasteiger partial charge in [-0.2, -0.15) is 0 Å². The van der Waals surface area contributed by atoms with E-state index >= 15 is 0 Å². The predicted octanol–water partition coefficient (Wildman–Crippen LogP) is 1.60. The highest BCUT2D eigenvalue weighted by Crippen LogP contribution is 2.29. The Labute approximate surface area is 120 Å². The lowest BCUT2D eigenvalue weighted by molar-refractivity contribution is 0.347. The molecule has 1 aliphatic carbocycles. The molecule has 1 aromatic heterocycles. The summed E-state index contributed by atoms with van der Waals surface area (Å²) in [5.74, 6) is 7.51. The third kappa shape index (κ3) is 2.62. The SMILES string of the molecule is Cn1ccnc1CCC(NN)C1Cc2ccccc2C1. The zero-order valence-corrected chi connectivity index (χ0v) is 11.9. The molecule has 0 aliphatic heterocycles. The van der Waals surface area contributed by atoms with Crippen LogP contribution in [0.5, 0.6) is 0 Å². The summed E-state index contributed by atoms with van der Waals surface area (Å²) in [7, 11) is 2.04. The molecule has 0 spiro atoms. The molecular weight excluding hydrogens is 248 g/mol. The molecule has 0 saturated carbocycles. The van der Waals surface area contributed by atoms with Crippen LogP contribution in [0.1, 0.15) is 23.4 Å². The Morgan fingerprint density at radius 2 is 2.05 bits per heavy atom. The average molecular weight is 270 g/mol. The number of hydrazine groups is 1. The second-order valence-corrected chi connectivity index (χ2v) is 5.70. The number of nitrogens with zero attached hydrogens (tertiary/aromatic N) is 2. The first-order chi connectivity index (χ1) is 9.78. The number of rotatable bonds is 5. The summed E-state index contributed by atoms with van der Waals surface area (Å²) in [5, 5.41) is 0. The molecule has 0 radical (unpaired) electrons. The molecule has 1 heterocycles. The number of nitrogens with one attached hydrogen (secondary N) is 1. The van der Waals surface area contributed by atoms with Crippen LogP contribution in [0.25, 0.3) is 0 Å². The molecular formula is C16H22N4. The van der Waals surface area contributed by atoms with Crippen LogP contribution in [-0.4, -0.2) is 15.6 Å². The van der Waals surface area contributed by atoms with Gasteiger partial charge in [-0.3, -0.25) is 11.3 Å². The van der Waals surface area contributed by atoms with Crippen LogP contribution >= 0.6 is 0 Å². The minimum absolute atomic E-state index is 0.346. The smallest absolute Gasteiger partial charge is 0.108 e. The van der Waals surface area contributed by atoms with Crippen molar-refractivity contribution in [3.05, 3.63) is 53.6 Å². The summed E-state index contributed by atoms with van der Waals surface area (Å²) < 4.78 is 2.08. The van der Waals surface area contributed by atoms with Gasteiger partial charge in [0.05, 0.1) is 0 Å². The van der Waals surface area contributed by atoms with Gasteiger partial charge in [-0.25, -0.2) is 4.98 Å². The van der Waals surface area contributed by atoms with Crippen molar-refractivity contribution in [3.63, 3.8) is 0 Å². The number of hydrogen-bond donors (Lipinski definition) is 2. The van der Waals surface area contributed by atoms with E-state index < -0.39 is 0 Å². The quantitative estimate of drug-likeness (QED) is 0.641. The number of imidazole rings is 1. The van der Waals surface area contributed by atoms with Gasteiger partial charge in [-0.05, 0) is 36.3 Å². The maximum Gasteiger partial charge on any atom is 0.108 e. The number of hydrogen-bond acceptors (Lipinski definition) is 3. The maximum atomic E-state index is 5.79. The Kier molecular flexibility index (Phi) is 3.85. The summed E-state index contributed by atoms with van der Waals surface area (Å²) in [6.07, 6.45) is 8.10. The molecule has 106 valence electrons. The molecule has 1 aliphatic rings. The summed E-state index contributed by atoms with van der Waals surface area (Å²) >= 11 is 0. The van der Waals surface area contributed by atoms with Crippen LogP contribution < -0.4 is 11.3 Å². The van der Waals surface area contributed by atoms with Crippen LogP contribution in [-0.2, 0) is 26.3 Å². The Morgan fingerprint density at radius 3 is 2.60 bits per heavy atom. The van der Waals surface area contributed by atoms with E-state index in [1.165, 1.54) is 11.1 Å². The molecule has 0 saturated heterocycles. The lowest BCUT2D eigenvalue weighted by Gasteiger charge is -2.22. The summed E-state index contributed by atoms with van der Waals surface area (Å²) in [6, 6.07) is 9.07. The highest BCUT2D eigenvalue weighted by atomic mass is 15.2. The van der Waals surface area contributed by atoms with Crippen LogP contribution in [0.15, 0.2) is 36.7 Å². The molecule has 0 fully saturated rings. The van der Waals surface area contributed by atoms with Gasteiger partial charge in [0.15, 0.2) is 0 Å².